The number of nitrogens with zero attached hydrogens (tertiary/aromatic N) is 1. The number of carbonyl (C=O) groups excluding carboxylic acids is 1. The highest BCUT2D eigenvalue weighted by Crippen LogP contribution is 2.25. The Hall–Kier alpha value is -1.66. The molecule has 0 aromatic heterocycles. The molecule has 1 aliphatic rings. The number of halogens is 1. The van der Waals surface area contributed by atoms with Gasteiger partial charge in [0, 0.05) is 32.2 Å². The van der Waals surface area contributed by atoms with Crippen molar-refractivity contribution in [2.45, 2.75) is 13.0 Å². The smallest absolute Gasteiger partial charge is 0.241 e. The molecule has 2 N–H and O–H groups in total. The molecule has 1 fully saturated rings. The average Bonchev–Trinajstić information content (AvgIpc) is 2.49. The van der Waals surface area contributed by atoms with Crippen LogP contribution in [0.25, 0.3) is 0 Å². The number of anilines is 1. The van der Waals surface area contributed by atoms with Crippen LogP contribution in [0.5, 0.6) is 5.75 Å². The van der Waals surface area contributed by atoms with Gasteiger partial charge in [0.1, 0.15) is 11.6 Å². The minimum Gasteiger partial charge on any atom is -0.494 e. The lowest BCUT2D eigenvalue weighted by Crippen LogP contribution is -2.51. The van der Waals surface area contributed by atoms with Crippen molar-refractivity contribution in [1.29, 1.82) is 0 Å². The van der Waals surface area contributed by atoms with Crippen LogP contribution in [0, 0.1) is 5.82 Å². The molecule has 0 aliphatic carbocycles. The van der Waals surface area contributed by atoms with Crippen molar-refractivity contribution < 1.29 is 13.9 Å². The summed E-state index contributed by atoms with van der Waals surface area (Å²) >= 11 is 0. The standard InChI is InChI=1S/C14H20FN3O2/c1-10(18-7-5-16-6-8-18)14(19)17-12-4-3-11(15)9-13(12)20-2/h3-4,9-10,16H,5-8H2,1-2H3,(H,17,19). The van der Waals surface area contributed by atoms with Gasteiger partial charge in [-0.25, -0.2) is 4.39 Å². The molecular formula is C14H20FN3O2. The monoisotopic (exact) mass is 281 g/mol. The fourth-order valence-corrected chi connectivity index (χ4v) is 2.24. The Labute approximate surface area is 118 Å². The number of methoxy groups -OCH3 is 1. The molecular weight excluding hydrogens is 261 g/mol. The SMILES string of the molecule is COc1cc(F)ccc1NC(=O)C(C)N1CCNCC1. The molecule has 1 unspecified atom stereocenters. The molecule has 110 valence electrons. The zero-order chi connectivity index (χ0) is 14.5. The summed E-state index contributed by atoms with van der Waals surface area (Å²) in [5.41, 5.74) is 0.487. The maximum atomic E-state index is 13.1. The van der Waals surface area contributed by atoms with E-state index in [9.17, 15) is 9.18 Å². The van der Waals surface area contributed by atoms with Gasteiger partial charge in [0.15, 0.2) is 0 Å². The van der Waals surface area contributed by atoms with Gasteiger partial charge in [-0.3, -0.25) is 9.69 Å². The van der Waals surface area contributed by atoms with Crippen molar-refractivity contribution in [3.63, 3.8) is 0 Å². The highest BCUT2D eigenvalue weighted by molar-refractivity contribution is 5.95. The van der Waals surface area contributed by atoms with Crippen LogP contribution in [0.15, 0.2) is 18.2 Å². The van der Waals surface area contributed by atoms with E-state index in [4.69, 9.17) is 4.74 Å². The molecule has 1 amide bonds. The van der Waals surface area contributed by atoms with Crippen LogP contribution in [-0.4, -0.2) is 50.1 Å². The van der Waals surface area contributed by atoms with E-state index >= 15 is 0 Å². The Morgan fingerprint density at radius 3 is 2.80 bits per heavy atom. The van der Waals surface area contributed by atoms with Crippen LogP contribution < -0.4 is 15.4 Å². The van der Waals surface area contributed by atoms with Gasteiger partial charge < -0.3 is 15.4 Å². The number of hydrogen-bond donors (Lipinski definition) is 2. The van der Waals surface area contributed by atoms with Crippen LogP contribution in [-0.2, 0) is 4.79 Å². The summed E-state index contributed by atoms with van der Waals surface area (Å²) in [6.45, 7) is 5.33. The van der Waals surface area contributed by atoms with Crippen LogP contribution in [0.2, 0.25) is 0 Å². The highest BCUT2D eigenvalue weighted by Gasteiger charge is 2.23. The number of hydrogen-bond acceptors (Lipinski definition) is 4. The average molecular weight is 281 g/mol. The number of rotatable bonds is 4. The van der Waals surface area contributed by atoms with E-state index in [0.29, 0.717) is 11.4 Å². The van der Waals surface area contributed by atoms with E-state index in [2.05, 4.69) is 15.5 Å². The molecule has 1 aliphatic heterocycles. The Kier molecular flexibility index (Phi) is 4.92. The largest absolute Gasteiger partial charge is 0.494 e. The Morgan fingerprint density at radius 2 is 2.15 bits per heavy atom. The molecule has 20 heavy (non-hydrogen) atoms. The van der Waals surface area contributed by atoms with Gasteiger partial charge >= 0.3 is 0 Å². The van der Waals surface area contributed by atoms with Gasteiger partial charge in [-0.15, -0.1) is 0 Å². The summed E-state index contributed by atoms with van der Waals surface area (Å²) in [7, 11) is 1.45. The van der Waals surface area contributed by atoms with Gasteiger partial charge in [0.05, 0.1) is 18.8 Å². The van der Waals surface area contributed by atoms with Gasteiger partial charge in [0.25, 0.3) is 0 Å². The third-order valence-electron chi connectivity index (χ3n) is 3.50. The molecule has 6 heteroatoms. The molecule has 5 nitrogen and oxygen atoms in total. The molecule has 1 saturated heterocycles. The second-order valence-electron chi connectivity index (χ2n) is 4.80. The number of nitrogens with one attached hydrogen (secondary N) is 2. The van der Waals surface area contributed by atoms with E-state index in [1.54, 1.807) is 0 Å². The van der Waals surface area contributed by atoms with E-state index in [-0.39, 0.29) is 11.9 Å². The highest BCUT2D eigenvalue weighted by atomic mass is 19.1. The Morgan fingerprint density at radius 1 is 1.45 bits per heavy atom. The predicted molar refractivity (Wildman–Crippen MR) is 75.5 cm³/mol. The van der Waals surface area contributed by atoms with E-state index in [0.717, 1.165) is 26.2 Å². The van der Waals surface area contributed by atoms with Crippen molar-refractivity contribution >= 4 is 11.6 Å². The minimum absolute atomic E-state index is 0.114. The first-order chi connectivity index (χ1) is 9.61. The number of ether oxygens (including phenoxy) is 1. The summed E-state index contributed by atoms with van der Waals surface area (Å²) in [6.07, 6.45) is 0. The summed E-state index contributed by atoms with van der Waals surface area (Å²) in [4.78, 5) is 14.4. The van der Waals surface area contributed by atoms with Crippen LogP contribution in [0.4, 0.5) is 10.1 Å². The fraction of sp³-hybridized carbons (Fsp3) is 0.500. The number of piperazine rings is 1. The summed E-state index contributed by atoms with van der Waals surface area (Å²) in [5, 5.41) is 6.04. The fourth-order valence-electron chi connectivity index (χ4n) is 2.24. The second-order valence-corrected chi connectivity index (χ2v) is 4.80. The minimum atomic E-state index is -0.394. The molecule has 0 radical (unpaired) electrons. The number of carbonyl (C=O) groups is 1. The quantitative estimate of drug-likeness (QED) is 0.867. The topological polar surface area (TPSA) is 53.6 Å². The third kappa shape index (κ3) is 3.46. The van der Waals surface area contributed by atoms with Crippen molar-refractivity contribution in [3.8, 4) is 5.75 Å². The Balaban J connectivity index is 2.03. The van der Waals surface area contributed by atoms with E-state index in [1.165, 1.54) is 25.3 Å². The molecule has 0 spiro atoms. The van der Waals surface area contributed by atoms with Crippen molar-refractivity contribution in [2.75, 3.05) is 38.6 Å². The van der Waals surface area contributed by atoms with Gasteiger partial charge in [-0.2, -0.15) is 0 Å². The van der Waals surface area contributed by atoms with Crippen LogP contribution >= 0.6 is 0 Å². The number of amides is 1. The summed E-state index contributed by atoms with van der Waals surface area (Å²) in [5.74, 6) is -0.183. The molecule has 1 atom stereocenters. The van der Waals surface area contributed by atoms with Crippen molar-refractivity contribution in [3.05, 3.63) is 24.0 Å². The third-order valence-corrected chi connectivity index (χ3v) is 3.50. The van der Waals surface area contributed by atoms with E-state index < -0.39 is 5.82 Å². The first-order valence-corrected chi connectivity index (χ1v) is 6.71. The van der Waals surface area contributed by atoms with E-state index in [1.807, 2.05) is 6.92 Å². The zero-order valence-corrected chi connectivity index (χ0v) is 11.8. The summed E-state index contributed by atoms with van der Waals surface area (Å²) in [6, 6.07) is 3.83. The summed E-state index contributed by atoms with van der Waals surface area (Å²) < 4.78 is 18.2. The number of benzene rings is 1. The zero-order valence-electron chi connectivity index (χ0n) is 11.8. The van der Waals surface area contributed by atoms with Crippen molar-refractivity contribution in [2.24, 2.45) is 0 Å². The normalized spacial score (nSPS) is 17.6. The molecule has 1 aromatic carbocycles. The van der Waals surface area contributed by atoms with Crippen molar-refractivity contribution in [1.82, 2.24) is 10.2 Å². The molecule has 1 aromatic rings. The Bertz CT molecular complexity index is 475. The second kappa shape index (κ2) is 6.67. The molecule has 0 saturated carbocycles. The van der Waals surface area contributed by atoms with Gasteiger partial charge in [-0.1, -0.05) is 0 Å². The lowest BCUT2D eigenvalue weighted by molar-refractivity contribution is -0.121. The van der Waals surface area contributed by atoms with Gasteiger partial charge in [0.2, 0.25) is 5.91 Å². The predicted octanol–water partition coefficient (Wildman–Crippen LogP) is 1.07. The maximum absolute atomic E-state index is 13.1. The molecule has 2 rings (SSSR count). The maximum Gasteiger partial charge on any atom is 0.241 e. The van der Waals surface area contributed by atoms with Crippen LogP contribution in [0.3, 0.4) is 0 Å². The molecule has 1 heterocycles. The first kappa shape index (κ1) is 14.7. The lowest BCUT2D eigenvalue weighted by atomic mass is 10.2. The van der Waals surface area contributed by atoms with Gasteiger partial charge in [-0.05, 0) is 19.1 Å². The lowest BCUT2D eigenvalue weighted by Gasteiger charge is -2.31. The first-order valence-electron chi connectivity index (χ1n) is 6.71. The molecule has 0 bridgehead atoms. The van der Waals surface area contributed by atoms with Crippen LogP contribution in [0.1, 0.15) is 6.92 Å².